The van der Waals surface area contributed by atoms with Gasteiger partial charge in [0.05, 0.1) is 29.7 Å². The fourth-order valence-electron chi connectivity index (χ4n) is 2.20. The highest BCUT2D eigenvalue weighted by atomic mass is 35.5. The van der Waals surface area contributed by atoms with Crippen molar-refractivity contribution in [3.63, 3.8) is 0 Å². The van der Waals surface area contributed by atoms with Gasteiger partial charge in [-0.2, -0.15) is 0 Å². The average molecular weight is 373 g/mol. The minimum Gasteiger partial charge on any atom is -0.354 e. The molecular weight excluding hydrogens is 359 g/mol. The molecule has 0 atom stereocenters. The first kappa shape index (κ1) is 17.2. The predicted octanol–water partition coefficient (Wildman–Crippen LogP) is 4.46. The van der Waals surface area contributed by atoms with E-state index >= 15 is 0 Å². The van der Waals surface area contributed by atoms with E-state index in [-0.39, 0.29) is 5.91 Å². The summed E-state index contributed by atoms with van der Waals surface area (Å²) in [5.74, 6) is -0.231. The van der Waals surface area contributed by atoms with Gasteiger partial charge in [0.2, 0.25) is 0 Å². The van der Waals surface area contributed by atoms with Crippen LogP contribution in [0.3, 0.4) is 0 Å². The van der Waals surface area contributed by atoms with E-state index in [0.29, 0.717) is 33.5 Å². The van der Waals surface area contributed by atoms with Crippen molar-refractivity contribution >= 4 is 40.5 Å². The van der Waals surface area contributed by atoms with Gasteiger partial charge in [0.1, 0.15) is 0 Å². The number of nitrogens with zero attached hydrogens (tertiary/aromatic N) is 2. The summed E-state index contributed by atoms with van der Waals surface area (Å²) in [6.07, 6.45) is 4.80. The third-order valence-electron chi connectivity index (χ3n) is 3.31. The Morgan fingerprint density at radius 3 is 2.52 bits per heavy atom. The predicted molar refractivity (Wildman–Crippen MR) is 99.4 cm³/mol. The van der Waals surface area contributed by atoms with Crippen molar-refractivity contribution in [2.24, 2.45) is 0 Å². The van der Waals surface area contributed by atoms with E-state index in [1.54, 1.807) is 36.7 Å². The molecule has 25 heavy (non-hydrogen) atoms. The number of carbonyl (C=O) groups is 1. The summed E-state index contributed by atoms with van der Waals surface area (Å²) in [6, 6.07) is 12.4. The maximum absolute atomic E-state index is 12.3. The lowest BCUT2D eigenvalue weighted by Crippen LogP contribution is -2.23. The summed E-state index contributed by atoms with van der Waals surface area (Å²) in [5.41, 5.74) is 2.59. The van der Waals surface area contributed by atoms with Gasteiger partial charge in [-0.3, -0.25) is 14.8 Å². The fourth-order valence-corrected chi connectivity index (χ4v) is 2.73. The van der Waals surface area contributed by atoms with Gasteiger partial charge in [0.15, 0.2) is 0 Å². The number of anilines is 2. The molecule has 5 nitrogen and oxygen atoms in total. The average Bonchev–Trinajstić information content (AvgIpc) is 2.60. The SMILES string of the molecule is O=C(NCc1ccccn1)c1cncc(Nc2cc(Cl)cc(Cl)c2)c1. The highest BCUT2D eigenvalue weighted by Crippen LogP contribution is 2.25. The van der Waals surface area contributed by atoms with Crippen molar-refractivity contribution in [3.05, 3.63) is 82.4 Å². The molecule has 0 aliphatic heterocycles. The summed E-state index contributed by atoms with van der Waals surface area (Å²) in [6.45, 7) is 0.348. The number of aromatic nitrogens is 2. The normalized spacial score (nSPS) is 10.3. The van der Waals surface area contributed by atoms with Gasteiger partial charge in [-0.25, -0.2) is 0 Å². The van der Waals surface area contributed by atoms with E-state index < -0.39 is 0 Å². The molecule has 1 aromatic carbocycles. The van der Waals surface area contributed by atoms with Gasteiger partial charge in [0.25, 0.3) is 5.91 Å². The van der Waals surface area contributed by atoms with Crippen LogP contribution >= 0.6 is 23.2 Å². The highest BCUT2D eigenvalue weighted by molar-refractivity contribution is 6.35. The largest absolute Gasteiger partial charge is 0.354 e. The number of amides is 1. The molecule has 3 aromatic rings. The Hall–Kier alpha value is -2.63. The second kappa shape index (κ2) is 7.96. The zero-order valence-corrected chi connectivity index (χ0v) is 14.6. The van der Waals surface area contributed by atoms with Crippen molar-refractivity contribution in [3.8, 4) is 0 Å². The van der Waals surface area contributed by atoms with E-state index in [2.05, 4.69) is 20.6 Å². The van der Waals surface area contributed by atoms with Gasteiger partial charge in [-0.05, 0) is 36.4 Å². The number of hydrogen-bond acceptors (Lipinski definition) is 4. The van der Waals surface area contributed by atoms with Crippen LogP contribution in [0.2, 0.25) is 10.0 Å². The van der Waals surface area contributed by atoms with Crippen LogP contribution in [-0.2, 0) is 6.54 Å². The summed E-state index contributed by atoms with van der Waals surface area (Å²) in [4.78, 5) is 20.5. The molecule has 0 aliphatic carbocycles. The molecule has 0 radical (unpaired) electrons. The third-order valence-corrected chi connectivity index (χ3v) is 3.74. The lowest BCUT2D eigenvalue weighted by atomic mass is 10.2. The number of rotatable bonds is 5. The molecule has 0 saturated heterocycles. The Labute approximate surface area is 155 Å². The van der Waals surface area contributed by atoms with Crippen LogP contribution in [0.5, 0.6) is 0 Å². The van der Waals surface area contributed by atoms with Gasteiger partial charge in [0, 0.05) is 28.1 Å². The summed E-state index contributed by atoms with van der Waals surface area (Å²) in [5, 5.41) is 6.99. The zero-order chi connectivity index (χ0) is 17.6. The van der Waals surface area contributed by atoms with Gasteiger partial charge >= 0.3 is 0 Å². The molecule has 0 spiro atoms. The maximum Gasteiger partial charge on any atom is 0.253 e. The van der Waals surface area contributed by atoms with Crippen molar-refractivity contribution < 1.29 is 4.79 Å². The van der Waals surface area contributed by atoms with E-state index in [1.807, 2.05) is 18.2 Å². The summed E-state index contributed by atoms with van der Waals surface area (Å²) >= 11 is 12.0. The minimum absolute atomic E-state index is 0.231. The maximum atomic E-state index is 12.3. The first-order valence-electron chi connectivity index (χ1n) is 7.46. The number of halogens is 2. The Morgan fingerprint density at radius 2 is 1.80 bits per heavy atom. The molecule has 2 aromatic heterocycles. The van der Waals surface area contributed by atoms with Crippen LogP contribution in [-0.4, -0.2) is 15.9 Å². The Balaban J connectivity index is 1.69. The van der Waals surface area contributed by atoms with Gasteiger partial charge < -0.3 is 10.6 Å². The van der Waals surface area contributed by atoms with E-state index in [4.69, 9.17) is 23.2 Å². The van der Waals surface area contributed by atoms with Gasteiger partial charge in [-0.1, -0.05) is 29.3 Å². The molecule has 0 aliphatic rings. The first-order chi connectivity index (χ1) is 12.1. The van der Waals surface area contributed by atoms with E-state index in [1.165, 1.54) is 6.20 Å². The third kappa shape index (κ3) is 4.92. The van der Waals surface area contributed by atoms with Crippen LogP contribution < -0.4 is 10.6 Å². The monoisotopic (exact) mass is 372 g/mol. The number of hydrogen-bond donors (Lipinski definition) is 2. The van der Waals surface area contributed by atoms with Crippen molar-refractivity contribution in [1.29, 1.82) is 0 Å². The zero-order valence-electron chi connectivity index (χ0n) is 13.0. The summed E-state index contributed by atoms with van der Waals surface area (Å²) < 4.78 is 0. The molecule has 2 heterocycles. The molecule has 7 heteroatoms. The van der Waals surface area contributed by atoms with Crippen LogP contribution in [0.15, 0.2) is 61.1 Å². The molecule has 0 fully saturated rings. The Kier molecular flexibility index (Phi) is 5.48. The van der Waals surface area contributed by atoms with Crippen LogP contribution in [0, 0.1) is 0 Å². The Morgan fingerprint density at radius 1 is 1.00 bits per heavy atom. The van der Waals surface area contributed by atoms with E-state index in [9.17, 15) is 4.79 Å². The second-order valence-electron chi connectivity index (χ2n) is 5.25. The first-order valence-corrected chi connectivity index (χ1v) is 8.22. The number of nitrogens with one attached hydrogen (secondary N) is 2. The molecule has 0 unspecified atom stereocenters. The number of carbonyl (C=O) groups excluding carboxylic acids is 1. The highest BCUT2D eigenvalue weighted by Gasteiger charge is 2.08. The minimum atomic E-state index is -0.231. The smallest absolute Gasteiger partial charge is 0.253 e. The Bertz CT molecular complexity index is 867. The molecular formula is C18H14Cl2N4O. The molecule has 2 N–H and O–H groups in total. The van der Waals surface area contributed by atoms with Crippen LogP contribution in [0.1, 0.15) is 16.1 Å². The second-order valence-corrected chi connectivity index (χ2v) is 6.12. The molecule has 1 amide bonds. The van der Waals surface area contributed by atoms with Crippen molar-refractivity contribution in [1.82, 2.24) is 15.3 Å². The van der Waals surface area contributed by atoms with Crippen molar-refractivity contribution in [2.75, 3.05) is 5.32 Å². The lowest BCUT2D eigenvalue weighted by molar-refractivity contribution is 0.0950. The molecule has 0 saturated carbocycles. The number of benzene rings is 1. The standard InChI is InChI=1S/C18H14Cl2N4O/c19-13-6-14(20)8-16(7-13)24-17-5-12(9-21-10-17)18(25)23-11-15-3-1-2-4-22-15/h1-10,24H,11H2,(H,23,25). The summed E-state index contributed by atoms with van der Waals surface area (Å²) in [7, 11) is 0. The van der Waals surface area contributed by atoms with Crippen molar-refractivity contribution in [2.45, 2.75) is 6.54 Å². The molecule has 3 rings (SSSR count). The quantitative estimate of drug-likeness (QED) is 0.693. The van der Waals surface area contributed by atoms with Crippen LogP contribution in [0.4, 0.5) is 11.4 Å². The molecule has 0 bridgehead atoms. The fraction of sp³-hybridized carbons (Fsp3) is 0.0556. The molecule has 126 valence electrons. The van der Waals surface area contributed by atoms with Crippen LogP contribution in [0.25, 0.3) is 0 Å². The van der Waals surface area contributed by atoms with E-state index in [0.717, 1.165) is 5.69 Å². The topological polar surface area (TPSA) is 66.9 Å². The number of pyridine rings is 2. The van der Waals surface area contributed by atoms with Gasteiger partial charge in [-0.15, -0.1) is 0 Å². The lowest BCUT2D eigenvalue weighted by Gasteiger charge is -2.09.